The summed E-state index contributed by atoms with van der Waals surface area (Å²) in [5, 5.41) is 5.80. The fourth-order valence-electron chi connectivity index (χ4n) is 3.06. The van der Waals surface area contributed by atoms with Crippen LogP contribution >= 0.6 is 0 Å². The molecule has 1 saturated carbocycles. The Morgan fingerprint density at radius 3 is 2.65 bits per heavy atom. The summed E-state index contributed by atoms with van der Waals surface area (Å²) in [6, 6.07) is 0.725. The summed E-state index contributed by atoms with van der Waals surface area (Å²) in [5.41, 5.74) is -1.05. The Bertz CT molecular complexity index is 656. The summed E-state index contributed by atoms with van der Waals surface area (Å²) >= 11 is 0. The van der Waals surface area contributed by atoms with Crippen LogP contribution in [0, 0.1) is 12.3 Å². The molecule has 1 fully saturated rings. The highest BCUT2D eigenvalue weighted by Crippen LogP contribution is 2.44. The van der Waals surface area contributed by atoms with Crippen LogP contribution in [0.15, 0.2) is 18.7 Å². The van der Waals surface area contributed by atoms with Crippen molar-refractivity contribution < 1.29 is 18.0 Å². The van der Waals surface area contributed by atoms with E-state index in [0.717, 1.165) is 25.3 Å². The average Bonchev–Trinajstić information content (AvgIpc) is 2.49. The number of nitrogens with zero attached hydrogens (tertiary/aromatic N) is 2. The van der Waals surface area contributed by atoms with Gasteiger partial charge in [-0.3, -0.25) is 4.79 Å². The van der Waals surface area contributed by atoms with Crippen molar-refractivity contribution >= 4 is 11.9 Å². The predicted molar refractivity (Wildman–Crippen MR) is 93.6 cm³/mol. The summed E-state index contributed by atoms with van der Waals surface area (Å²) in [7, 11) is 0. The third-order valence-corrected chi connectivity index (χ3v) is 4.71. The molecule has 0 unspecified atom stereocenters. The van der Waals surface area contributed by atoms with Gasteiger partial charge in [0.05, 0.1) is 5.41 Å². The number of carbonyl (C=O) groups excluding carboxylic acids is 1. The van der Waals surface area contributed by atoms with E-state index in [1.807, 2.05) is 6.92 Å². The molecule has 1 atom stereocenters. The molecule has 0 aliphatic heterocycles. The Kier molecular flexibility index (Phi) is 6.26. The van der Waals surface area contributed by atoms with Crippen LogP contribution in [0.5, 0.6) is 0 Å². The number of nitrogens with one attached hydrogen (secondary N) is 2. The van der Waals surface area contributed by atoms with Gasteiger partial charge in [0, 0.05) is 18.3 Å². The molecule has 0 aromatic carbocycles. The normalized spacial score (nSPS) is 17.1. The fraction of sp³-hybridized carbons (Fsp3) is 0.611. The molecule has 0 spiro atoms. The second-order valence-corrected chi connectivity index (χ2v) is 6.93. The number of amides is 1. The number of hydrogen-bond acceptors (Lipinski definition) is 4. The smallest absolute Gasteiger partial charge is 0.356 e. The minimum absolute atomic E-state index is 0.0296. The van der Waals surface area contributed by atoms with E-state index in [4.69, 9.17) is 0 Å². The van der Waals surface area contributed by atoms with Crippen molar-refractivity contribution in [1.82, 2.24) is 15.3 Å². The summed E-state index contributed by atoms with van der Waals surface area (Å²) in [6.45, 7) is 7.45. The van der Waals surface area contributed by atoms with E-state index in [0.29, 0.717) is 19.4 Å². The van der Waals surface area contributed by atoms with E-state index in [1.165, 1.54) is 6.92 Å². The average molecular weight is 370 g/mol. The zero-order chi connectivity index (χ0) is 19.4. The minimum atomic E-state index is -4.51. The highest BCUT2D eigenvalue weighted by atomic mass is 19.4. The fourth-order valence-corrected chi connectivity index (χ4v) is 3.06. The van der Waals surface area contributed by atoms with Crippen molar-refractivity contribution in [3.8, 4) is 0 Å². The minimum Gasteiger partial charge on any atom is -0.356 e. The van der Waals surface area contributed by atoms with Gasteiger partial charge in [-0.1, -0.05) is 12.5 Å². The standard InChI is InChI=1S/C18H25F3N4O/c1-4-7-17(8-5-9-17)15(26)22-10-6-12(2)23-16-24-13(3)11-14(25-16)18(19,20)21/h4,11-12H,1,5-10H2,2-3H3,(H,22,26)(H,23,24,25)/t12-/m0/s1. The molecule has 5 nitrogen and oxygen atoms in total. The number of anilines is 1. The van der Waals surface area contributed by atoms with Crippen molar-refractivity contribution in [2.24, 2.45) is 5.41 Å². The molecule has 1 aliphatic carbocycles. The Morgan fingerprint density at radius 2 is 2.12 bits per heavy atom. The lowest BCUT2D eigenvalue weighted by Crippen LogP contribution is -2.46. The van der Waals surface area contributed by atoms with Crippen LogP contribution < -0.4 is 10.6 Å². The number of rotatable bonds is 8. The maximum absolute atomic E-state index is 12.8. The highest BCUT2D eigenvalue weighted by Gasteiger charge is 2.42. The quantitative estimate of drug-likeness (QED) is 0.682. The molecule has 1 heterocycles. The first-order chi connectivity index (χ1) is 12.2. The molecule has 0 saturated heterocycles. The largest absolute Gasteiger partial charge is 0.433 e. The first kappa shape index (κ1) is 20.2. The lowest BCUT2D eigenvalue weighted by molar-refractivity contribution is -0.141. The number of allylic oxidation sites excluding steroid dienone is 1. The summed E-state index contributed by atoms with van der Waals surface area (Å²) in [4.78, 5) is 19.9. The molecule has 1 aromatic heterocycles. The van der Waals surface area contributed by atoms with Crippen LogP contribution in [-0.4, -0.2) is 28.5 Å². The molecule has 8 heteroatoms. The third kappa shape index (κ3) is 4.95. The van der Waals surface area contributed by atoms with Gasteiger partial charge in [-0.2, -0.15) is 13.2 Å². The van der Waals surface area contributed by atoms with Crippen LogP contribution in [0.2, 0.25) is 0 Å². The Morgan fingerprint density at radius 1 is 1.42 bits per heavy atom. The van der Waals surface area contributed by atoms with Crippen LogP contribution in [0.25, 0.3) is 0 Å². The Labute approximate surface area is 151 Å². The molecule has 0 radical (unpaired) electrons. The van der Waals surface area contributed by atoms with Gasteiger partial charge in [0.15, 0.2) is 0 Å². The Balaban J connectivity index is 1.85. The first-order valence-corrected chi connectivity index (χ1v) is 8.75. The SMILES string of the molecule is C=CCC1(C(=O)NCC[C@H](C)Nc2nc(C)cc(C(F)(F)F)n2)CCC1. The Hall–Kier alpha value is -2.12. The third-order valence-electron chi connectivity index (χ3n) is 4.71. The van der Waals surface area contributed by atoms with Crippen LogP contribution in [0.1, 0.15) is 50.4 Å². The predicted octanol–water partition coefficient (Wildman–Crippen LogP) is 3.86. The van der Waals surface area contributed by atoms with Crippen LogP contribution in [0.4, 0.5) is 19.1 Å². The molecule has 1 aliphatic rings. The van der Waals surface area contributed by atoms with E-state index in [-0.39, 0.29) is 29.0 Å². The molecule has 144 valence electrons. The van der Waals surface area contributed by atoms with Gasteiger partial charge >= 0.3 is 6.18 Å². The lowest BCUT2D eigenvalue weighted by atomic mass is 9.66. The van der Waals surface area contributed by atoms with E-state index in [9.17, 15) is 18.0 Å². The van der Waals surface area contributed by atoms with Crippen molar-refractivity contribution in [2.75, 3.05) is 11.9 Å². The molecular formula is C18H25F3N4O. The van der Waals surface area contributed by atoms with Crippen molar-refractivity contribution in [1.29, 1.82) is 0 Å². The molecular weight excluding hydrogens is 345 g/mol. The second-order valence-electron chi connectivity index (χ2n) is 6.93. The van der Waals surface area contributed by atoms with Gasteiger partial charge in [-0.25, -0.2) is 9.97 Å². The maximum Gasteiger partial charge on any atom is 0.433 e. The van der Waals surface area contributed by atoms with E-state index in [2.05, 4.69) is 27.2 Å². The zero-order valence-electron chi connectivity index (χ0n) is 15.1. The van der Waals surface area contributed by atoms with E-state index < -0.39 is 11.9 Å². The number of aryl methyl sites for hydroxylation is 1. The van der Waals surface area contributed by atoms with Gasteiger partial charge in [-0.15, -0.1) is 6.58 Å². The van der Waals surface area contributed by atoms with Gasteiger partial charge < -0.3 is 10.6 Å². The molecule has 2 rings (SSSR count). The monoisotopic (exact) mass is 370 g/mol. The number of hydrogen-bond donors (Lipinski definition) is 2. The van der Waals surface area contributed by atoms with Gasteiger partial charge in [-0.05, 0) is 45.6 Å². The summed E-state index contributed by atoms with van der Waals surface area (Å²) < 4.78 is 38.5. The molecule has 1 aromatic rings. The molecule has 26 heavy (non-hydrogen) atoms. The van der Waals surface area contributed by atoms with Gasteiger partial charge in [0.25, 0.3) is 0 Å². The maximum atomic E-state index is 12.8. The summed E-state index contributed by atoms with van der Waals surface area (Å²) in [5.74, 6) is -0.0275. The second kappa shape index (κ2) is 8.05. The lowest BCUT2D eigenvalue weighted by Gasteiger charge is -2.39. The van der Waals surface area contributed by atoms with E-state index in [1.54, 1.807) is 6.08 Å². The zero-order valence-corrected chi connectivity index (χ0v) is 15.1. The van der Waals surface area contributed by atoms with Crippen LogP contribution in [-0.2, 0) is 11.0 Å². The van der Waals surface area contributed by atoms with Gasteiger partial charge in [0.2, 0.25) is 11.9 Å². The number of aromatic nitrogens is 2. The van der Waals surface area contributed by atoms with Crippen molar-refractivity contribution in [3.63, 3.8) is 0 Å². The number of carbonyl (C=O) groups is 1. The number of halogens is 3. The highest BCUT2D eigenvalue weighted by molar-refractivity contribution is 5.83. The van der Waals surface area contributed by atoms with E-state index >= 15 is 0 Å². The number of alkyl halides is 3. The molecule has 0 bridgehead atoms. The van der Waals surface area contributed by atoms with Crippen molar-refractivity contribution in [3.05, 3.63) is 30.1 Å². The topological polar surface area (TPSA) is 66.9 Å². The molecule has 1 amide bonds. The van der Waals surface area contributed by atoms with Crippen molar-refractivity contribution in [2.45, 2.75) is 58.2 Å². The molecule has 2 N–H and O–H groups in total. The summed E-state index contributed by atoms with van der Waals surface area (Å²) in [6.07, 6.45) is 1.27. The van der Waals surface area contributed by atoms with Gasteiger partial charge in [0.1, 0.15) is 5.69 Å². The van der Waals surface area contributed by atoms with Crippen LogP contribution in [0.3, 0.4) is 0 Å². The first-order valence-electron chi connectivity index (χ1n) is 8.75.